The van der Waals surface area contributed by atoms with Crippen LogP contribution in [0, 0.1) is 0 Å². The van der Waals surface area contributed by atoms with Gasteiger partial charge in [0.05, 0.1) is 4.90 Å². The number of thiocarbonyl (C=S) groups is 1. The highest BCUT2D eigenvalue weighted by molar-refractivity contribution is 7.91. The van der Waals surface area contributed by atoms with Gasteiger partial charge >= 0.3 is 0 Å². The first kappa shape index (κ1) is 18.9. The van der Waals surface area contributed by atoms with Crippen molar-refractivity contribution in [3.05, 3.63) is 66.2 Å². The molecule has 0 aliphatic heterocycles. The number of hydrogen-bond donors (Lipinski definition) is 2. The van der Waals surface area contributed by atoms with Crippen LogP contribution < -0.4 is 10.6 Å². The Morgan fingerprint density at radius 1 is 0.923 bits per heavy atom. The van der Waals surface area contributed by atoms with Crippen molar-refractivity contribution < 1.29 is 8.42 Å². The van der Waals surface area contributed by atoms with Crippen molar-refractivity contribution in [2.24, 2.45) is 0 Å². The van der Waals surface area contributed by atoms with Crippen LogP contribution in [0.3, 0.4) is 0 Å². The van der Waals surface area contributed by atoms with Crippen LogP contribution in [0.4, 0.5) is 0 Å². The van der Waals surface area contributed by atoms with Gasteiger partial charge in [0.15, 0.2) is 10.5 Å². The Morgan fingerprint density at radius 2 is 1.50 bits per heavy atom. The van der Waals surface area contributed by atoms with Gasteiger partial charge in [-0.25, -0.2) is 8.42 Å². The minimum absolute atomic E-state index is 0.279. The standard InChI is InChI=1S/C20H24N2O2S2/c23-26(24,18-14-8-3-9-15-18)19(16-10-4-1-5-11-16)22-20(25)21-17-12-6-2-7-13-17/h1,3-5,8-11,14-15,17,19H,2,6-7,12-13H2,(H2,21,22,25). The molecule has 6 heteroatoms. The van der Waals surface area contributed by atoms with Crippen LogP contribution >= 0.6 is 12.2 Å². The number of hydrogen-bond acceptors (Lipinski definition) is 3. The van der Waals surface area contributed by atoms with E-state index < -0.39 is 15.2 Å². The molecule has 1 atom stereocenters. The van der Waals surface area contributed by atoms with Crippen molar-refractivity contribution in [3.63, 3.8) is 0 Å². The normalized spacial score (nSPS) is 16.6. The van der Waals surface area contributed by atoms with Crippen molar-refractivity contribution in [1.29, 1.82) is 0 Å². The van der Waals surface area contributed by atoms with E-state index in [0.29, 0.717) is 16.7 Å². The maximum atomic E-state index is 13.2. The van der Waals surface area contributed by atoms with E-state index in [1.54, 1.807) is 42.5 Å². The lowest BCUT2D eigenvalue weighted by Crippen LogP contribution is -2.45. The van der Waals surface area contributed by atoms with Crippen LogP contribution in [0.2, 0.25) is 0 Å². The quantitative estimate of drug-likeness (QED) is 0.760. The number of benzene rings is 2. The summed E-state index contributed by atoms with van der Waals surface area (Å²) in [4.78, 5) is 0.279. The van der Waals surface area contributed by atoms with Crippen LogP contribution in [0.1, 0.15) is 43.0 Å². The summed E-state index contributed by atoms with van der Waals surface area (Å²) in [5.74, 6) is 0. The smallest absolute Gasteiger partial charge is 0.203 e. The summed E-state index contributed by atoms with van der Waals surface area (Å²) in [6.07, 6.45) is 5.77. The van der Waals surface area contributed by atoms with E-state index in [2.05, 4.69) is 10.6 Å². The summed E-state index contributed by atoms with van der Waals surface area (Å²) in [6.45, 7) is 0. The third-order valence-corrected chi connectivity index (χ3v) is 6.86. The molecule has 4 nitrogen and oxygen atoms in total. The van der Waals surface area contributed by atoms with E-state index in [9.17, 15) is 8.42 Å². The van der Waals surface area contributed by atoms with E-state index in [4.69, 9.17) is 12.2 Å². The molecule has 0 amide bonds. The topological polar surface area (TPSA) is 58.2 Å². The molecule has 0 saturated heterocycles. The average molecular weight is 389 g/mol. The molecule has 0 bridgehead atoms. The molecule has 2 N–H and O–H groups in total. The van der Waals surface area contributed by atoms with E-state index in [1.807, 2.05) is 18.2 Å². The van der Waals surface area contributed by atoms with Crippen molar-refractivity contribution in [2.45, 2.75) is 48.4 Å². The van der Waals surface area contributed by atoms with Gasteiger partial charge in [-0.3, -0.25) is 0 Å². The Balaban J connectivity index is 1.83. The largest absolute Gasteiger partial charge is 0.360 e. The zero-order valence-electron chi connectivity index (χ0n) is 14.6. The molecule has 2 aromatic carbocycles. The van der Waals surface area contributed by atoms with Gasteiger partial charge < -0.3 is 10.6 Å². The Labute approximate surface area is 160 Å². The predicted octanol–water partition coefficient (Wildman–Crippen LogP) is 3.96. The Hall–Kier alpha value is -1.92. The summed E-state index contributed by atoms with van der Waals surface area (Å²) >= 11 is 5.44. The van der Waals surface area contributed by atoms with Gasteiger partial charge in [0, 0.05) is 6.04 Å². The Bertz CT molecular complexity index is 817. The highest BCUT2D eigenvalue weighted by atomic mass is 32.2. The van der Waals surface area contributed by atoms with Gasteiger partial charge in [-0.05, 0) is 42.8 Å². The Kier molecular flexibility index (Phi) is 6.27. The molecule has 26 heavy (non-hydrogen) atoms. The second-order valence-corrected chi connectivity index (χ2v) is 9.04. The molecule has 0 spiro atoms. The van der Waals surface area contributed by atoms with E-state index in [1.165, 1.54) is 19.3 Å². The van der Waals surface area contributed by atoms with Crippen LogP contribution in [0.15, 0.2) is 65.6 Å². The third kappa shape index (κ3) is 4.62. The summed E-state index contributed by atoms with van der Waals surface area (Å²) in [5.41, 5.74) is 0.671. The molecule has 3 rings (SSSR count). The highest BCUT2D eigenvalue weighted by Crippen LogP contribution is 2.26. The Morgan fingerprint density at radius 3 is 2.12 bits per heavy atom. The monoisotopic (exact) mass is 388 g/mol. The lowest BCUT2D eigenvalue weighted by atomic mass is 9.96. The lowest BCUT2D eigenvalue weighted by Gasteiger charge is -2.27. The second kappa shape index (κ2) is 8.64. The van der Waals surface area contributed by atoms with Crippen LogP contribution in [-0.4, -0.2) is 19.6 Å². The molecule has 0 heterocycles. The molecule has 2 aromatic rings. The first-order chi connectivity index (χ1) is 12.6. The molecule has 1 fully saturated rings. The molecule has 1 saturated carbocycles. The fraction of sp³-hybridized carbons (Fsp3) is 0.350. The fourth-order valence-electron chi connectivity index (χ4n) is 3.31. The SMILES string of the molecule is O=S(=O)(c1ccccc1)C(NC(=S)NC1CCCCC1)c1ccccc1. The van der Waals surface area contributed by atoms with Gasteiger partial charge in [-0.1, -0.05) is 67.8 Å². The fourth-order valence-corrected chi connectivity index (χ4v) is 5.26. The number of nitrogens with one attached hydrogen (secondary N) is 2. The van der Waals surface area contributed by atoms with E-state index in [-0.39, 0.29) is 4.90 Å². The van der Waals surface area contributed by atoms with E-state index >= 15 is 0 Å². The molecular weight excluding hydrogens is 364 g/mol. The van der Waals surface area contributed by atoms with Crippen molar-refractivity contribution in [3.8, 4) is 0 Å². The predicted molar refractivity (Wildman–Crippen MR) is 109 cm³/mol. The van der Waals surface area contributed by atoms with Crippen molar-refractivity contribution in [2.75, 3.05) is 0 Å². The second-order valence-electron chi connectivity index (χ2n) is 6.60. The van der Waals surface area contributed by atoms with Gasteiger partial charge in [0.25, 0.3) is 0 Å². The third-order valence-electron chi connectivity index (χ3n) is 4.69. The zero-order valence-corrected chi connectivity index (χ0v) is 16.2. The van der Waals surface area contributed by atoms with Crippen LogP contribution in [-0.2, 0) is 9.84 Å². The zero-order chi connectivity index (χ0) is 18.4. The minimum atomic E-state index is -3.63. The molecule has 1 unspecified atom stereocenters. The van der Waals surface area contributed by atoms with Crippen molar-refractivity contribution >= 4 is 27.2 Å². The van der Waals surface area contributed by atoms with Crippen molar-refractivity contribution in [1.82, 2.24) is 10.6 Å². The maximum absolute atomic E-state index is 13.2. The van der Waals surface area contributed by atoms with E-state index in [0.717, 1.165) is 12.8 Å². The van der Waals surface area contributed by atoms with Gasteiger partial charge in [-0.2, -0.15) is 0 Å². The molecule has 138 valence electrons. The summed E-state index contributed by atoms with van der Waals surface area (Å²) < 4.78 is 26.4. The number of sulfone groups is 1. The van der Waals surface area contributed by atoms with Gasteiger partial charge in [0.2, 0.25) is 9.84 Å². The summed E-state index contributed by atoms with van der Waals surface area (Å²) in [5, 5.41) is 5.82. The molecule has 1 aliphatic carbocycles. The van der Waals surface area contributed by atoms with Crippen LogP contribution in [0.5, 0.6) is 0 Å². The maximum Gasteiger partial charge on any atom is 0.203 e. The number of rotatable bonds is 5. The highest BCUT2D eigenvalue weighted by Gasteiger charge is 2.30. The molecule has 0 aromatic heterocycles. The van der Waals surface area contributed by atoms with Crippen LogP contribution in [0.25, 0.3) is 0 Å². The first-order valence-electron chi connectivity index (χ1n) is 8.98. The lowest BCUT2D eigenvalue weighted by molar-refractivity contribution is 0.411. The minimum Gasteiger partial charge on any atom is -0.360 e. The molecule has 1 aliphatic rings. The summed E-state index contributed by atoms with van der Waals surface area (Å²) in [7, 11) is -3.63. The molecular formula is C20H24N2O2S2. The molecule has 0 radical (unpaired) electrons. The first-order valence-corrected chi connectivity index (χ1v) is 10.9. The van der Waals surface area contributed by atoms with Gasteiger partial charge in [-0.15, -0.1) is 0 Å². The van der Waals surface area contributed by atoms with Gasteiger partial charge in [0.1, 0.15) is 0 Å². The summed E-state index contributed by atoms with van der Waals surface area (Å²) in [6, 6.07) is 18.0. The average Bonchev–Trinajstić information content (AvgIpc) is 2.68.